The number of carboxylic acids is 2. The highest BCUT2D eigenvalue weighted by atomic mass is 16.4. The zero-order chi connectivity index (χ0) is 24.1. The minimum absolute atomic E-state index is 0.00100. The summed E-state index contributed by atoms with van der Waals surface area (Å²) >= 11 is 0. The number of carbonyl (C=O) groups excluding carboxylic acids is 4. The van der Waals surface area contributed by atoms with Crippen LogP contribution in [0.25, 0.3) is 0 Å². The number of aliphatic carboxylic acids is 2. The van der Waals surface area contributed by atoms with Gasteiger partial charge < -0.3 is 31.5 Å². The van der Waals surface area contributed by atoms with Crippen molar-refractivity contribution in [3.63, 3.8) is 0 Å². The molecule has 1 rings (SSSR count). The lowest BCUT2D eigenvalue weighted by Crippen LogP contribution is -2.48. The number of carboxylic acid groups (broad SMARTS) is 2. The van der Waals surface area contributed by atoms with Crippen LogP contribution in [0.1, 0.15) is 18.4 Å². The SMILES string of the molecule is C=CC(=O)NCCC(=O)N[C@@H](CC(=O)O)C(=O)NCCc1ccc(NC(=O)C(=O)O)cc1. The highest BCUT2D eigenvalue weighted by Crippen LogP contribution is 2.10. The third-order valence-electron chi connectivity index (χ3n) is 3.99. The van der Waals surface area contributed by atoms with E-state index in [1.54, 1.807) is 12.1 Å². The van der Waals surface area contributed by atoms with Crippen molar-refractivity contribution in [1.82, 2.24) is 16.0 Å². The Kier molecular flexibility index (Phi) is 10.6. The van der Waals surface area contributed by atoms with Crippen molar-refractivity contribution in [3.8, 4) is 0 Å². The van der Waals surface area contributed by atoms with Crippen LogP contribution in [-0.2, 0) is 35.2 Å². The van der Waals surface area contributed by atoms with Crippen molar-refractivity contribution >= 4 is 41.3 Å². The van der Waals surface area contributed by atoms with E-state index in [1.807, 2.05) is 0 Å². The second-order valence-electron chi connectivity index (χ2n) is 6.46. The molecule has 0 spiro atoms. The molecule has 32 heavy (non-hydrogen) atoms. The summed E-state index contributed by atoms with van der Waals surface area (Å²) in [5, 5.41) is 27.0. The molecular weight excluding hydrogens is 424 g/mol. The second kappa shape index (κ2) is 13.2. The van der Waals surface area contributed by atoms with Gasteiger partial charge in [-0.15, -0.1) is 0 Å². The van der Waals surface area contributed by atoms with Gasteiger partial charge in [0.1, 0.15) is 6.04 Å². The Labute approximate surface area is 183 Å². The molecular formula is C20H24N4O8. The Bertz CT molecular complexity index is 882. The molecule has 6 N–H and O–H groups in total. The molecule has 0 aliphatic carbocycles. The zero-order valence-corrected chi connectivity index (χ0v) is 17.1. The molecule has 0 aromatic heterocycles. The van der Waals surface area contributed by atoms with Crippen molar-refractivity contribution in [3.05, 3.63) is 42.5 Å². The third-order valence-corrected chi connectivity index (χ3v) is 3.99. The largest absolute Gasteiger partial charge is 0.481 e. The maximum atomic E-state index is 12.3. The molecule has 4 amide bonds. The first-order valence-corrected chi connectivity index (χ1v) is 9.44. The summed E-state index contributed by atoms with van der Waals surface area (Å²) < 4.78 is 0. The molecule has 1 atom stereocenters. The van der Waals surface area contributed by atoms with Gasteiger partial charge in [0, 0.05) is 25.2 Å². The quantitative estimate of drug-likeness (QED) is 0.174. The molecule has 0 saturated heterocycles. The van der Waals surface area contributed by atoms with Gasteiger partial charge in [0.25, 0.3) is 0 Å². The van der Waals surface area contributed by atoms with Crippen LogP contribution >= 0.6 is 0 Å². The lowest BCUT2D eigenvalue weighted by Gasteiger charge is -2.17. The summed E-state index contributed by atoms with van der Waals surface area (Å²) in [6.07, 6.45) is 0.640. The number of hydrogen-bond acceptors (Lipinski definition) is 6. The molecule has 0 unspecified atom stereocenters. The fraction of sp³-hybridized carbons (Fsp3) is 0.300. The van der Waals surface area contributed by atoms with E-state index in [-0.39, 0.29) is 19.5 Å². The average molecular weight is 448 g/mol. The van der Waals surface area contributed by atoms with Gasteiger partial charge in [-0.25, -0.2) is 4.79 Å². The fourth-order valence-corrected chi connectivity index (χ4v) is 2.41. The maximum Gasteiger partial charge on any atom is 0.394 e. The van der Waals surface area contributed by atoms with Crippen LogP contribution < -0.4 is 21.3 Å². The van der Waals surface area contributed by atoms with Crippen molar-refractivity contribution in [2.45, 2.75) is 25.3 Å². The summed E-state index contributed by atoms with van der Waals surface area (Å²) in [5.41, 5.74) is 1.05. The van der Waals surface area contributed by atoms with Crippen molar-refractivity contribution in [1.29, 1.82) is 0 Å². The van der Waals surface area contributed by atoms with Gasteiger partial charge in [0.2, 0.25) is 17.7 Å². The summed E-state index contributed by atoms with van der Waals surface area (Å²) in [6, 6.07) is 4.95. The Morgan fingerprint density at radius 3 is 2.19 bits per heavy atom. The molecule has 12 nitrogen and oxygen atoms in total. The number of nitrogens with one attached hydrogen (secondary N) is 4. The molecule has 0 bridgehead atoms. The van der Waals surface area contributed by atoms with Gasteiger partial charge in [0.15, 0.2) is 0 Å². The molecule has 1 aromatic carbocycles. The van der Waals surface area contributed by atoms with Crippen LogP contribution in [0.15, 0.2) is 36.9 Å². The third kappa shape index (κ3) is 10.0. The Balaban J connectivity index is 2.52. The van der Waals surface area contributed by atoms with Crippen LogP contribution in [0.4, 0.5) is 5.69 Å². The predicted octanol–water partition coefficient (Wildman–Crippen LogP) is -0.980. The Morgan fingerprint density at radius 1 is 0.969 bits per heavy atom. The number of hydrogen-bond donors (Lipinski definition) is 6. The summed E-state index contributed by atoms with van der Waals surface area (Å²) in [7, 11) is 0. The van der Waals surface area contributed by atoms with Crippen LogP contribution in [-0.4, -0.2) is 64.9 Å². The van der Waals surface area contributed by atoms with E-state index in [9.17, 15) is 28.8 Å². The highest BCUT2D eigenvalue weighted by molar-refractivity contribution is 6.36. The molecule has 0 fully saturated rings. The van der Waals surface area contributed by atoms with Crippen LogP contribution in [0.3, 0.4) is 0 Å². The smallest absolute Gasteiger partial charge is 0.394 e. The molecule has 0 saturated carbocycles. The Hall–Kier alpha value is -4.22. The molecule has 172 valence electrons. The van der Waals surface area contributed by atoms with Gasteiger partial charge in [-0.1, -0.05) is 18.7 Å². The van der Waals surface area contributed by atoms with Crippen molar-refractivity contribution < 1.29 is 39.0 Å². The predicted molar refractivity (Wildman–Crippen MR) is 111 cm³/mol. The van der Waals surface area contributed by atoms with Gasteiger partial charge >= 0.3 is 17.8 Å². The number of benzene rings is 1. The summed E-state index contributed by atoms with van der Waals surface area (Å²) in [5.74, 6) is -5.80. The van der Waals surface area contributed by atoms with E-state index in [2.05, 4.69) is 27.8 Å². The zero-order valence-electron chi connectivity index (χ0n) is 17.1. The normalized spacial score (nSPS) is 10.9. The van der Waals surface area contributed by atoms with Crippen molar-refractivity contribution in [2.75, 3.05) is 18.4 Å². The van der Waals surface area contributed by atoms with Crippen LogP contribution in [0.5, 0.6) is 0 Å². The standard InChI is InChI=1S/C20H24N4O8/c1-2-15(25)21-10-8-16(26)24-14(11-17(27)28)18(29)22-9-7-12-3-5-13(6-4-12)23-19(30)20(31)32/h2-6,14H,1,7-11H2,(H,21,25)(H,22,29)(H,23,30)(H,24,26)(H,27,28)(H,31,32)/t14-/m0/s1. The number of carbonyl (C=O) groups is 6. The van der Waals surface area contributed by atoms with Gasteiger partial charge in [0.05, 0.1) is 6.42 Å². The minimum atomic E-state index is -1.61. The number of rotatable bonds is 12. The molecule has 0 radical (unpaired) electrons. The Morgan fingerprint density at radius 2 is 1.62 bits per heavy atom. The van der Waals surface area contributed by atoms with E-state index < -0.39 is 48.0 Å². The molecule has 0 heterocycles. The highest BCUT2D eigenvalue weighted by Gasteiger charge is 2.23. The molecule has 0 aliphatic rings. The minimum Gasteiger partial charge on any atom is -0.481 e. The summed E-state index contributed by atoms with van der Waals surface area (Å²) in [6.45, 7) is 3.41. The molecule has 0 aliphatic heterocycles. The molecule has 12 heteroatoms. The maximum absolute atomic E-state index is 12.3. The topological polar surface area (TPSA) is 191 Å². The number of amides is 4. The van der Waals surface area contributed by atoms with E-state index in [1.165, 1.54) is 12.1 Å². The van der Waals surface area contributed by atoms with Gasteiger partial charge in [-0.05, 0) is 30.2 Å². The monoisotopic (exact) mass is 448 g/mol. The fourth-order valence-electron chi connectivity index (χ4n) is 2.41. The van der Waals surface area contributed by atoms with E-state index in [0.29, 0.717) is 12.1 Å². The first-order chi connectivity index (χ1) is 15.1. The first-order valence-electron chi connectivity index (χ1n) is 9.44. The molecule has 1 aromatic rings. The van der Waals surface area contributed by atoms with Gasteiger partial charge in [-0.3, -0.25) is 24.0 Å². The summed E-state index contributed by atoms with van der Waals surface area (Å²) in [4.78, 5) is 67.9. The lowest BCUT2D eigenvalue weighted by molar-refractivity contribution is -0.147. The number of anilines is 1. The first kappa shape index (κ1) is 25.8. The van der Waals surface area contributed by atoms with Crippen molar-refractivity contribution in [2.24, 2.45) is 0 Å². The van der Waals surface area contributed by atoms with E-state index in [0.717, 1.165) is 11.6 Å². The van der Waals surface area contributed by atoms with Gasteiger partial charge in [-0.2, -0.15) is 0 Å². The average Bonchev–Trinajstić information content (AvgIpc) is 2.73. The van der Waals surface area contributed by atoms with Crippen LogP contribution in [0, 0.1) is 0 Å². The van der Waals surface area contributed by atoms with Crippen LogP contribution in [0.2, 0.25) is 0 Å². The van der Waals surface area contributed by atoms with E-state index >= 15 is 0 Å². The lowest BCUT2D eigenvalue weighted by atomic mass is 10.1. The second-order valence-corrected chi connectivity index (χ2v) is 6.46. The van der Waals surface area contributed by atoms with E-state index in [4.69, 9.17) is 10.2 Å².